The van der Waals surface area contributed by atoms with Crippen molar-refractivity contribution in [3.8, 4) is 0 Å². The van der Waals surface area contributed by atoms with Gasteiger partial charge in [-0.2, -0.15) is 0 Å². The van der Waals surface area contributed by atoms with Gasteiger partial charge in [0, 0.05) is 6.20 Å². The molecule has 0 spiro atoms. The first-order chi connectivity index (χ1) is 13.5. The summed E-state index contributed by atoms with van der Waals surface area (Å²) in [7, 11) is 0. The van der Waals surface area contributed by atoms with E-state index in [2.05, 4.69) is 10.3 Å². The Bertz CT molecular complexity index is 906. The first kappa shape index (κ1) is 17.6. The fourth-order valence-corrected chi connectivity index (χ4v) is 4.71. The Labute approximate surface area is 160 Å². The van der Waals surface area contributed by atoms with Crippen molar-refractivity contribution in [1.29, 1.82) is 0 Å². The number of ether oxygens (including phenoxy) is 1. The lowest BCUT2D eigenvalue weighted by molar-refractivity contribution is -0.0152. The summed E-state index contributed by atoms with van der Waals surface area (Å²) in [4.78, 5) is 13.9. The van der Waals surface area contributed by atoms with E-state index < -0.39 is 18.3 Å². The second-order valence-corrected chi connectivity index (χ2v) is 7.84. The molecule has 5 atom stereocenters. The van der Waals surface area contributed by atoms with Crippen LogP contribution in [0.1, 0.15) is 36.3 Å². The van der Waals surface area contributed by atoms with Crippen molar-refractivity contribution >= 4 is 11.8 Å². The van der Waals surface area contributed by atoms with E-state index >= 15 is 0 Å². The third kappa shape index (κ3) is 2.77. The highest BCUT2D eigenvalue weighted by atomic mass is 19.1. The number of aliphatic hydroxyl groups is 2. The number of rotatable bonds is 3. The molecule has 1 amide bonds. The summed E-state index contributed by atoms with van der Waals surface area (Å²) >= 11 is 0. The van der Waals surface area contributed by atoms with Gasteiger partial charge in [0.2, 0.25) is 0 Å². The highest BCUT2D eigenvalue weighted by Gasteiger charge is 2.48. The van der Waals surface area contributed by atoms with Crippen LogP contribution in [0.15, 0.2) is 24.5 Å². The lowest BCUT2D eigenvalue weighted by Gasteiger charge is -2.30. The number of carbonyl (C=O) groups excluding carboxylic acids is 1. The lowest BCUT2D eigenvalue weighted by atomic mass is 9.80. The molecule has 0 bridgehead atoms. The van der Waals surface area contributed by atoms with Crippen LogP contribution in [-0.2, 0) is 17.7 Å². The number of fused-ring (bicyclic) bond motifs is 3. The maximum absolute atomic E-state index is 14.9. The summed E-state index contributed by atoms with van der Waals surface area (Å²) in [6.45, 7) is 0.392. The van der Waals surface area contributed by atoms with Gasteiger partial charge < -0.3 is 14.9 Å². The molecule has 1 aliphatic carbocycles. The number of amides is 1. The second kappa shape index (κ2) is 6.52. The zero-order valence-corrected chi connectivity index (χ0v) is 15.1. The van der Waals surface area contributed by atoms with Crippen LogP contribution in [0.3, 0.4) is 0 Å². The number of benzene rings is 1. The van der Waals surface area contributed by atoms with Crippen molar-refractivity contribution in [2.24, 2.45) is 0 Å². The molecule has 1 saturated heterocycles. The standard InChI is InChI=1S/C19H21FN4O4/c20-13-8-14-11(5-12(13)10-1-2-16(25)17(26)7-10)6-15-18(28-19(27)24(14)15)9-23-4-3-21-22-23/h3-5,8,10,15-18,25-26H,1-2,6-7,9H2/t10?,15-,16+,17-,18-/m0/s1. The molecule has 3 aliphatic rings. The van der Waals surface area contributed by atoms with Crippen molar-refractivity contribution in [1.82, 2.24) is 15.0 Å². The first-order valence-corrected chi connectivity index (χ1v) is 9.53. The molecule has 5 rings (SSSR count). The van der Waals surface area contributed by atoms with Gasteiger partial charge in [0.25, 0.3) is 0 Å². The van der Waals surface area contributed by atoms with Gasteiger partial charge in [0.15, 0.2) is 0 Å². The number of halogens is 1. The van der Waals surface area contributed by atoms with E-state index in [1.807, 2.05) is 6.07 Å². The van der Waals surface area contributed by atoms with Crippen LogP contribution in [0.25, 0.3) is 0 Å². The molecule has 1 aromatic carbocycles. The summed E-state index contributed by atoms with van der Waals surface area (Å²) in [5.74, 6) is -0.530. The van der Waals surface area contributed by atoms with Gasteiger partial charge in [0.05, 0.1) is 36.7 Å². The molecule has 148 valence electrons. The molecule has 8 nitrogen and oxygen atoms in total. The number of nitrogens with zero attached hydrogens (tertiary/aromatic N) is 4. The van der Waals surface area contributed by atoms with Crippen LogP contribution in [0, 0.1) is 5.82 Å². The summed E-state index contributed by atoms with van der Waals surface area (Å²) in [6.07, 6.45) is 2.81. The number of hydrogen-bond acceptors (Lipinski definition) is 6. The fraction of sp³-hybridized carbons (Fsp3) is 0.526. The molecule has 1 unspecified atom stereocenters. The van der Waals surface area contributed by atoms with Gasteiger partial charge in [-0.05, 0) is 48.8 Å². The Balaban J connectivity index is 1.42. The number of cyclic esters (lactones) is 1. The van der Waals surface area contributed by atoms with E-state index in [-0.39, 0.29) is 23.9 Å². The topological polar surface area (TPSA) is 101 Å². The summed E-state index contributed by atoms with van der Waals surface area (Å²) in [5.41, 5.74) is 2.00. The third-order valence-electron chi connectivity index (χ3n) is 6.16. The molecular formula is C19H21FN4O4. The Kier molecular flexibility index (Phi) is 4.09. The zero-order chi connectivity index (χ0) is 19.4. The van der Waals surface area contributed by atoms with Crippen LogP contribution in [0.2, 0.25) is 0 Å². The van der Waals surface area contributed by atoms with E-state index in [9.17, 15) is 19.4 Å². The van der Waals surface area contributed by atoms with Gasteiger partial charge in [-0.3, -0.25) is 4.90 Å². The minimum atomic E-state index is -0.837. The van der Waals surface area contributed by atoms with Crippen molar-refractivity contribution < 1.29 is 24.1 Å². The molecule has 9 heteroatoms. The Morgan fingerprint density at radius 1 is 1.25 bits per heavy atom. The van der Waals surface area contributed by atoms with Gasteiger partial charge in [0.1, 0.15) is 11.9 Å². The number of aliphatic hydroxyl groups excluding tert-OH is 2. The Morgan fingerprint density at radius 3 is 2.86 bits per heavy atom. The Morgan fingerprint density at radius 2 is 2.11 bits per heavy atom. The summed E-state index contributed by atoms with van der Waals surface area (Å²) in [5, 5.41) is 27.4. The van der Waals surface area contributed by atoms with Crippen LogP contribution < -0.4 is 4.90 Å². The van der Waals surface area contributed by atoms with Crippen molar-refractivity contribution in [2.45, 2.75) is 62.5 Å². The van der Waals surface area contributed by atoms with E-state index in [1.54, 1.807) is 17.1 Å². The maximum Gasteiger partial charge on any atom is 0.415 e. The normalized spacial score (nSPS) is 31.6. The minimum Gasteiger partial charge on any atom is -0.442 e. The van der Waals surface area contributed by atoms with Crippen LogP contribution in [0.5, 0.6) is 0 Å². The van der Waals surface area contributed by atoms with E-state index in [4.69, 9.17) is 4.74 Å². The lowest BCUT2D eigenvalue weighted by Crippen LogP contribution is -2.35. The van der Waals surface area contributed by atoms with Gasteiger partial charge in [-0.15, -0.1) is 5.10 Å². The highest BCUT2D eigenvalue weighted by molar-refractivity contribution is 5.93. The number of aromatic nitrogens is 3. The van der Waals surface area contributed by atoms with Crippen LogP contribution in [-0.4, -0.2) is 55.7 Å². The molecule has 2 N–H and O–H groups in total. The van der Waals surface area contributed by atoms with Crippen LogP contribution >= 0.6 is 0 Å². The number of carbonyl (C=O) groups is 1. The van der Waals surface area contributed by atoms with E-state index in [0.717, 1.165) is 5.56 Å². The molecule has 28 heavy (non-hydrogen) atoms. The third-order valence-corrected chi connectivity index (χ3v) is 6.16. The molecule has 1 saturated carbocycles. The second-order valence-electron chi connectivity index (χ2n) is 7.84. The quantitative estimate of drug-likeness (QED) is 0.823. The SMILES string of the molecule is O=C1O[C@@H](Cn2ccnn2)[C@@H]2Cc3cc(C4CC[C@@H](O)[C@@H](O)C4)c(F)cc3N12. The molecular weight excluding hydrogens is 367 g/mol. The molecule has 2 fully saturated rings. The van der Waals surface area contributed by atoms with Crippen molar-refractivity contribution in [3.63, 3.8) is 0 Å². The first-order valence-electron chi connectivity index (χ1n) is 9.53. The average Bonchev–Trinajstić information content (AvgIpc) is 3.36. The fourth-order valence-electron chi connectivity index (χ4n) is 4.71. The van der Waals surface area contributed by atoms with Gasteiger partial charge in [-0.25, -0.2) is 13.9 Å². The zero-order valence-electron chi connectivity index (χ0n) is 15.1. The van der Waals surface area contributed by atoms with Crippen molar-refractivity contribution in [2.75, 3.05) is 4.90 Å². The van der Waals surface area contributed by atoms with Crippen molar-refractivity contribution in [3.05, 3.63) is 41.5 Å². The average molecular weight is 388 g/mol. The molecule has 3 heterocycles. The molecule has 2 aliphatic heterocycles. The van der Waals surface area contributed by atoms with E-state index in [1.165, 1.54) is 11.0 Å². The highest BCUT2D eigenvalue weighted by Crippen LogP contribution is 2.43. The minimum absolute atomic E-state index is 0.142. The Hall–Kier alpha value is -2.52. The largest absolute Gasteiger partial charge is 0.442 e. The summed E-state index contributed by atoms with van der Waals surface area (Å²) < 4.78 is 22.0. The van der Waals surface area contributed by atoms with Crippen LogP contribution in [0.4, 0.5) is 14.9 Å². The van der Waals surface area contributed by atoms with Gasteiger partial charge in [-0.1, -0.05) is 11.3 Å². The smallest absolute Gasteiger partial charge is 0.415 e. The number of anilines is 1. The molecule has 0 radical (unpaired) electrons. The monoisotopic (exact) mass is 388 g/mol. The predicted molar refractivity (Wildman–Crippen MR) is 95.3 cm³/mol. The number of hydrogen-bond donors (Lipinski definition) is 2. The molecule has 2 aromatic rings. The van der Waals surface area contributed by atoms with E-state index in [0.29, 0.717) is 43.5 Å². The maximum atomic E-state index is 14.9. The van der Waals surface area contributed by atoms with Gasteiger partial charge >= 0.3 is 6.09 Å². The molecule has 1 aromatic heterocycles. The summed E-state index contributed by atoms with van der Waals surface area (Å²) in [6, 6.07) is 3.01. The predicted octanol–water partition coefficient (Wildman–Crippen LogP) is 1.36.